The van der Waals surface area contributed by atoms with Crippen LogP contribution in [-0.4, -0.2) is 54.2 Å². The minimum absolute atomic E-state index is 0.433. The lowest BCUT2D eigenvalue weighted by atomic mass is 9.71. The number of nitrogens with zero attached hydrogens (tertiary/aromatic N) is 3. The topological polar surface area (TPSA) is 78.2 Å². The van der Waals surface area contributed by atoms with Crippen LogP contribution in [0.5, 0.6) is 5.88 Å². The Morgan fingerprint density at radius 1 is 0.973 bits per heavy atom. The van der Waals surface area contributed by atoms with Gasteiger partial charge in [-0.2, -0.15) is 0 Å². The van der Waals surface area contributed by atoms with E-state index in [0.717, 1.165) is 52.5 Å². The molecule has 2 N–H and O–H groups in total. The van der Waals surface area contributed by atoms with Crippen molar-refractivity contribution in [2.45, 2.75) is 30.8 Å². The number of benzene rings is 3. The Labute approximate surface area is 218 Å². The van der Waals surface area contributed by atoms with Gasteiger partial charge in [0.2, 0.25) is 5.88 Å². The summed E-state index contributed by atoms with van der Waals surface area (Å²) in [5.41, 5.74) is 2.95. The van der Waals surface area contributed by atoms with Crippen LogP contribution in [0.1, 0.15) is 47.4 Å². The zero-order chi connectivity index (χ0) is 26.3. The lowest BCUT2D eigenvalue weighted by molar-refractivity contribution is 0.00678. The lowest BCUT2D eigenvalue weighted by Gasteiger charge is -2.38. The number of hydrogen-bond donors (Lipinski definition) is 2. The molecule has 0 bridgehead atoms. The minimum atomic E-state index is -1.21. The molecular weight excluding hydrogens is 462 g/mol. The molecule has 192 valence electrons. The normalized spacial score (nSPS) is 14.2. The number of fused-ring (bicyclic) bond motifs is 1. The third-order valence-electron chi connectivity index (χ3n) is 6.84. The molecule has 0 aliphatic heterocycles. The zero-order valence-electron chi connectivity index (χ0n) is 21.7. The molecule has 0 spiro atoms. The summed E-state index contributed by atoms with van der Waals surface area (Å²) >= 11 is 0. The summed E-state index contributed by atoms with van der Waals surface area (Å²) < 4.78 is 5.83. The molecule has 6 heteroatoms. The van der Waals surface area contributed by atoms with Gasteiger partial charge >= 0.3 is 0 Å². The van der Waals surface area contributed by atoms with Gasteiger partial charge in [0.15, 0.2) is 0 Å². The van der Waals surface area contributed by atoms with E-state index in [1.807, 2.05) is 72.8 Å². The summed E-state index contributed by atoms with van der Waals surface area (Å²) in [4.78, 5) is 6.99. The second-order valence-electron chi connectivity index (χ2n) is 9.68. The average molecular weight is 498 g/mol. The largest absolute Gasteiger partial charge is 0.481 e. The van der Waals surface area contributed by atoms with Crippen LogP contribution in [0.4, 0.5) is 0 Å². The van der Waals surface area contributed by atoms with Gasteiger partial charge in [0.05, 0.1) is 18.8 Å². The molecule has 0 aliphatic rings. The quantitative estimate of drug-likeness (QED) is 0.118. The fourth-order valence-corrected chi connectivity index (χ4v) is 5.07. The van der Waals surface area contributed by atoms with E-state index in [4.69, 9.17) is 14.9 Å². The van der Waals surface area contributed by atoms with Crippen molar-refractivity contribution in [1.82, 2.24) is 9.88 Å². The first-order valence-corrected chi connectivity index (χ1v) is 12.6. The van der Waals surface area contributed by atoms with E-state index < -0.39 is 11.5 Å². The number of oxime groups is 1. The molecule has 4 rings (SSSR count). The van der Waals surface area contributed by atoms with Gasteiger partial charge in [0, 0.05) is 16.9 Å². The highest BCUT2D eigenvalue weighted by atomic mass is 16.5. The Balaban J connectivity index is 1.93. The number of aliphatic hydroxyl groups is 1. The van der Waals surface area contributed by atoms with Gasteiger partial charge in [0.25, 0.3) is 0 Å². The second kappa shape index (κ2) is 12.0. The standard InChI is InChI=1S/C31H35N3O3/c1-34(2)19-11-10-18-31(35,26-14-8-5-9-15-26)29(24-12-6-4-7-13-24)27-21-25-20-23(22-32-36)16-17-28(25)33-30(27)37-3/h4-9,12-17,20-22,29,35-36H,10-11,18-19H2,1-3H3/b32-22+. The van der Waals surface area contributed by atoms with Crippen LogP contribution in [0.3, 0.4) is 0 Å². The Bertz CT molecular complexity index is 1330. The van der Waals surface area contributed by atoms with Crippen molar-refractivity contribution in [3.63, 3.8) is 0 Å². The lowest BCUT2D eigenvalue weighted by Crippen LogP contribution is -2.35. The van der Waals surface area contributed by atoms with E-state index in [0.29, 0.717) is 12.3 Å². The molecule has 0 saturated carbocycles. The first-order chi connectivity index (χ1) is 18.0. The van der Waals surface area contributed by atoms with Crippen molar-refractivity contribution in [2.75, 3.05) is 27.7 Å². The summed E-state index contributed by atoms with van der Waals surface area (Å²) in [6.07, 6.45) is 3.79. The fraction of sp³-hybridized carbons (Fsp3) is 0.290. The maximum atomic E-state index is 12.7. The molecule has 0 amide bonds. The van der Waals surface area contributed by atoms with E-state index in [2.05, 4.69) is 36.3 Å². The minimum Gasteiger partial charge on any atom is -0.481 e. The smallest absolute Gasteiger partial charge is 0.217 e. The molecule has 4 aromatic rings. The molecular formula is C31H35N3O3. The summed E-state index contributed by atoms with van der Waals surface area (Å²) in [6, 6.07) is 27.7. The monoisotopic (exact) mass is 497 g/mol. The van der Waals surface area contributed by atoms with E-state index in [-0.39, 0.29) is 0 Å². The number of rotatable bonds is 11. The van der Waals surface area contributed by atoms with Crippen LogP contribution in [0.2, 0.25) is 0 Å². The molecule has 0 radical (unpaired) electrons. The summed E-state index contributed by atoms with van der Waals surface area (Å²) in [6.45, 7) is 0.955. The van der Waals surface area contributed by atoms with Crippen LogP contribution in [-0.2, 0) is 5.60 Å². The first kappa shape index (κ1) is 26.3. The third-order valence-corrected chi connectivity index (χ3v) is 6.84. The van der Waals surface area contributed by atoms with Crippen molar-refractivity contribution in [3.8, 4) is 5.88 Å². The highest BCUT2D eigenvalue weighted by molar-refractivity contribution is 5.89. The molecule has 0 saturated heterocycles. The number of hydrogen-bond acceptors (Lipinski definition) is 6. The van der Waals surface area contributed by atoms with Gasteiger partial charge in [-0.05, 0) is 74.8 Å². The Kier molecular flexibility index (Phi) is 8.54. The van der Waals surface area contributed by atoms with Crippen LogP contribution < -0.4 is 4.74 Å². The van der Waals surface area contributed by atoms with Crippen LogP contribution in [0.25, 0.3) is 10.9 Å². The first-order valence-electron chi connectivity index (χ1n) is 12.6. The summed E-state index contributed by atoms with van der Waals surface area (Å²) in [5.74, 6) is 0.0463. The molecule has 1 heterocycles. The second-order valence-corrected chi connectivity index (χ2v) is 9.68. The van der Waals surface area contributed by atoms with Crippen molar-refractivity contribution < 1.29 is 15.1 Å². The number of unbranched alkanes of at least 4 members (excludes halogenated alkanes) is 1. The molecule has 0 fully saturated rings. The van der Waals surface area contributed by atoms with E-state index >= 15 is 0 Å². The maximum Gasteiger partial charge on any atom is 0.217 e. The van der Waals surface area contributed by atoms with Gasteiger partial charge in [0.1, 0.15) is 5.60 Å². The third kappa shape index (κ3) is 5.98. The predicted molar refractivity (Wildman–Crippen MR) is 149 cm³/mol. The fourth-order valence-electron chi connectivity index (χ4n) is 5.07. The number of ether oxygens (including phenoxy) is 1. The molecule has 3 aromatic carbocycles. The van der Waals surface area contributed by atoms with Crippen molar-refractivity contribution in [2.24, 2.45) is 5.16 Å². The van der Waals surface area contributed by atoms with Crippen molar-refractivity contribution in [3.05, 3.63) is 107 Å². The molecule has 0 aliphatic carbocycles. The molecule has 2 unspecified atom stereocenters. The van der Waals surface area contributed by atoms with Gasteiger partial charge in [-0.15, -0.1) is 0 Å². The van der Waals surface area contributed by atoms with Crippen LogP contribution in [0.15, 0.2) is 90.1 Å². The highest BCUT2D eigenvalue weighted by Crippen LogP contribution is 2.48. The van der Waals surface area contributed by atoms with Crippen molar-refractivity contribution >= 4 is 17.1 Å². The number of methoxy groups -OCH3 is 1. The summed E-state index contributed by atoms with van der Waals surface area (Å²) in [5, 5.41) is 25.8. The SMILES string of the molecule is COc1nc2ccc(/C=N/O)cc2cc1C(c1ccccc1)C(O)(CCCCN(C)C)c1ccccc1. The predicted octanol–water partition coefficient (Wildman–Crippen LogP) is 5.80. The van der Waals surface area contributed by atoms with Crippen LogP contribution >= 0.6 is 0 Å². The Hall–Kier alpha value is -3.74. The van der Waals surface area contributed by atoms with E-state index in [1.54, 1.807) is 7.11 Å². The highest BCUT2D eigenvalue weighted by Gasteiger charge is 2.42. The summed E-state index contributed by atoms with van der Waals surface area (Å²) in [7, 11) is 5.75. The van der Waals surface area contributed by atoms with Gasteiger partial charge in [-0.25, -0.2) is 4.98 Å². The van der Waals surface area contributed by atoms with Crippen molar-refractivity contribution in [1.29, 1.82) is 0 Å². The van der Waals surface area contributed by atoms with Gasteiger partial charge in [-0.1, -0.05) is 71.9 Å². The molecule has 2 atom stereocenters. The van der Waals surface area contributed by atoms with E-state index in [9.17, 15) is 5.11 Å². The Morgan fingerprint density at radius 3 is 2.32 bits per heavy atom. The number of aromatic nitrogens is 1. The van der Waals surface area contributed by atoms with Gasteiger partial charge < -0.3 is 20.0 Å². The molecule has 6 nitrogen and oxygen atoms in total. The van der Waals surface area contributed by atoms with E-state index in [1.165, 1.54) is 6.21 Å². The zero-order valence-corrected chi connectivity index (χ0v) is 21.7. The average Bonchev–Trinajstić information content (AvgIpc) is 2.92. The van der Waals surface area contributed by atoms with Gasteiger partial charge in [-0.3, -0.25) is 0 Å². The maximum absolute atomic E-state index is 12.7. The Morgan fingerprint density at radius 2 is 1.68 bits per heavy atom. The molecule has 1 aromatic heterocycles. The molecule has 37 heavy (non-hydrogen) atoms. The number of pyridine rings is 1. The van der Waals surface area contributed by atoms with Crippen LogP contribution in [0, 0.1) is 0 Å².